The number of thioether (sulfide) groups is 1. The molecule has 3 saturated heterocycles. The van der Waals surface area contributed by atoms with E-state index in [-0.39, 0.29) is 9.80 Å². The van der Waals surface area contributed by atoms with Crippen molar-refractivity contribution in [3.63, 3.8) is 0 Å². The molecule has 0 unspecified atom stereocenters. The molecule has 3 aliphatic rings. The second kappa shape index (κ2) is 9.93. The monoisotopic (exact) mass is 516 g/mol. The van der Waals surface area contributed by atoms with E-state index in [9.17, 15) is 18.0 Å². The van der Waals surface area contributed by atoms with Crippen molar-refractivity contribution in [1.29, 1.82) is 0 Å². The first-order valence-electron chi connectivity index (χ1n) is 11.2. The number of aromatic nitrogens is 2. The number of amides is 2. The van der Waals surface area contributed by atoms with Crippen LogP contribution in [0.25, 0.3) is 6.08 Å². The Morgan fingerprint density at radius 1 is 0.943 bits per heavy atom. The van der Waals surface area contributed by atoms with E-state index in [0.717, 1.165) is 11.8 Å². The average Bonchev–Trinajstić information content (AvgIpc) is 3.21. The molecule has 2 aromatic rings. The summed E-state index contributed by atoms with van der Waals surface area (Å²) >= 11 is 0.833. The number of morpholine rings is 1. The Labute approximate surface area is 207 Å². The van der Waals surface area contributed by atoms with E-state index in [1.165, 1.54) is 4.31 Å². The molecule has 13 heteroatoms. The van der Waals surface area contributed by atoms with Crippen molar-refractivity contribution in [2.75, 3.05) is 62.3 Å². The highest BCUT2D eigenvalue weighted by Gasteiger charge is 2.30. The number of imide groups is 1. The summed E-state index contributed by atoms with van der Waals surface area (Å²) in [5.74, 6) is 0.694. The molecule has 0 aliphatic carbocycles. The first kappa shape index (κ1) is 23.7. The van der Waals surface area contributed by atoms with Crippen LogP contribution in [0, 0.1) is 0 Å². The van der Waals surface area contributed by atoms with E-state index >= 15 is 0 Å². The molecule has 1 aromatic heterocycles. The molecule has 11 nitrogen and oxygen atoms in total. The number of hydrogen-bond acceptors (Lipinski definition) is 10. The quantitative estimate of drug-likeness (QED) is 0.579. The molecule has 4 heterocycles. The maximum atomic E-state index is 13.0. The lowest BCUT2D eigenvalue weighted by molar-refractivity contribution is -0.115. The van der Waals surface area contributed by atoms with Crippen LogP contribution >= 0.6 is 11.8 Å². The second-order valence-electron chi connectivity index (χ2n) is 8.11. The summed E-state index contributed by atoms with van der Waals surface area (Å²) in [6.45, 7) is 3.94. The molecule has 184 valence electrons. The zero-order valence-corrected chi connectivity index (χ0v) is 20.4. The number of piperazine rings is 1. The largest absolute Gasteiger partial charge is 0.378 e. The maximum absolute atomic E-state index is 13.0. The third-order valence-electron chi connectivity index (χ3n) is 5.88. The minimum absolute atomic E-state index is 0.270. The topological polar surface area (TPSA) is 125 Å². The highest BCUT2D eigenvalue weighted by molar-refractivity contribution is 8.18. The summed E-state index contributed by atoms with van der Waals surface area (Å²) in [7, 11) is -3.57. The summed E-state index contributed by atoms with van der Waals surface area (Å²) in [4.78, 5) is 37.6. The first-order valence-corrected chi connectivity index (χ1v) is 13.4. The van der Waals surface area contributed by atoms with E-state index in [1.807, 2.05) is 4.90 Å². The fraction of sp³-hybridized carbons (Fsp3) is 0.364. The number of carbonyl (C=O) groups excluding carboxylic acids is 2. The van der Waals surface area contributed by atoms with Gasteiger partial charge in [-0.15, -0.1) is 0 Å². The lowest BCUT2D eigenvalue weighted by atomic mass is 10.3. The fourth-order valence-electron chi connectivity index (χ4n) is 4.03. The van der Waals surface area contributed by atoms with E-state index in [0.29, 0.717) is 69.9 Å². The molecule has 0 atom stereocenters. The minimum Gasteiger partial charge on any atom is -0.378 e. The van der Waals surface area contributed by atoms with Crippen LogP contribution in [0.15, 0.2) is 46.2 Å². The van der Waals surface area contributed by atoms with Crippen LogP contribution in [0.2, 0.25) is 0 Å². The van der Waals surface area contributed by atoms with Gasteiger partial charge in [-0.3, -0.25) is 14.9 Å². The SMILES string of the molecule is O=C1NC(=O)/C(=C\c2cc(N3CCOCC3)nc(N3CCN(S(=O)(=O)c4ccccc4)CC3)n2)S1. The number of hydrogen-bond donors (Lipinski definition) is 1. The van der Waals surface area contributed by atoms with Gasteiger partial charge in [0.05, 0.1) is 28.7 Å². The Morgan fingerprint density at radius 2 is 1.66 bits per heavy atom. The van der Waals surface area contributed by atoms with Crippen LogP contribution in [0.4, 0.5) is 16.6 Å². The average molecular weight is 517 g/mol. The van der Waals surface area contributed by atoms with Crippen molar-refractivity contribution < 1.29 is 22.7 Å². The van der Waals surface area contributed by atoms with Crippen LogP contribution in [-0.2, 0) is 19.6 Å². The summed E-state index contributed by atoms with van der Waals surface area (Å²) < 4.78 is 32.9. The Morgan fingerprint density at radius 3 is 2.31 bits per heavy atom. The number of anilines is 2. The minimum atomic E-state index is -3.57. The molecule has 0 spiro atoms. The summed E-state index contributed by atoms with van der Waals surface area (Å²) in [6.07, 6.45) is 1.58. The van der Waals surface area contributed by atoms with E-state index in [1.54, 1.807) is 42.5 Å². The molecular weight excluding hydrogens is 492 g/mol. The highest BCUT2D eigenvalue weighted by atomic mass is 32.2. The van der Waals surface area contributed by atoms with Gasteiger partial charge < -0.3 is 14.5 Å². The summed E-state index contributed by atoms with van der Waals surface area (Å²) in [5, 5.41) is 1.83. The number of benzene rings is 1. The molecule has 1 N–H and O–H groups in total. The lowest BCUT2D eigenvalue weighted by Crippen LogP contribution is -2.49. The Balaban J connectivity index is 1.39. The number of ether oxygens (including phenoxy) is 1. The van der Waals surface area contributed by atoms with Crippen molar-refractivity contribution in [3.05, 3.63) is 47.0 Å². The Kier molecular flexibility index (Phi) is 6.73. The van der Waals surface area contributed by atoms with Gasteiger partial charge in [-0.1, -0.05) is 18.2 Å². The second-order valence-corrected chi connectivity index (χ2v) is 11.1. The number of nitrogens with zero attached hydrogens (tertiary/aromatic N) is 5. The van der Waals surface area contributed by atoms with E-state index in [4.69, 9.17) is 9.72 Å². The zero-order valence-electron chi connectivity index (χ0n) is 18.8. The van der Waals surface area contributed by atoms with Gasteiger partial charge >= 0.3 is 0 Å². The molecule has 35 heavy (non-hydrogen) atoms. The molecular formula is C22H24N6O5S2. The number of nitrogens with one attached hydrogen (secondary N) is 1. The molecule has 1 aromatic carbocycles. The van der Waals surface area contributed by atoms with Gasteiger partial charge in [0.2, 0.25) is 16.0 Å². The molecule has 5 rings (SSSR count). The highest BCUT2D eigenvalue weighted by Crippen LogP contribution is 2.28. The zero-order chi connectivity index (χ0) is 24.4. The van der Waals surface area contributed by atoms with Gasteiger partial charge in [-0.25, -0.2) is 13.4 Å². The fourth-order valence-corrected chi connectivity index (χ4v) is 6.15. The number of carbonyl (C=O) groups is 2. The van der Waals surface area contributed by atoms with Gasteiger partial charge in [-0.05, 0) is 30.0 Å². The van der Waals surface area contributed by atoms with Crippen LogP contribution in [-0.4, -0.2) is 86.3 Å². The molecule has 0 radical (unpaired) electrons. The number of rotatable bonds is 5. The first-order chi connectivity index (χ1) is 16.9. The maximum Gasteiger partial charge on any atom is 0.290 e. The standard InChI is InChI=1S/C22H24N6O5S2/c29-20-18(34-22(30)25-20)14-16-15-19(26-10-12-33-13-11-26)24-21(23-16)27-6-8-28(9-7-27)35(31,32)17-4-2-1-3-5-17/h1-5,14-15H,6-13H2,(H,25,29,30)/b18-14+. The van der Waals surface area contributed by atoms with Crippen LogP contribution in [0.3, 0.4) is 0 Å². The third kappa shape index (κ3) is 5.17. The predicted octanol–water partition coefficient (Wildman–Crippen LogP) is 1.15. The van der Waals surface area contributed by atoms with Gasteiger partial charge in [-0.2, -0.15) is 9.29 Å². The third-order valence-corrected chi connectivity index (χ3v) is 8.60. The Hall–Kier alpha value is -3.00. The van der Waals surface area contributed by atoms with Crippen molar-refractivity contribution in [3.8, 4) is 0 Å². The van der Waals surface area contributed by atoms with Crippen LogP contribution in [0.5, 0.6) is 0 Å². The molecule has 3 fully saturated rings. The van der Waals surface area contributed by atoms with E-state index < -0.39 is 21.2 Å². The predicted molar refractivity (Wildman–Crippen MR) is 132 cm³/mol. The van der Waals surface area contributed by atoms with Crippen molar-refractivity contribution in [2.24, 2.45) is 0 Å². The Bertz CT molecular complexity index is 1260. The molecule has 0 bridgehead atoms. The summed E-state index contributed by atoms with van der Waals surface area (Å²) in [6, 6.07) is 10.2. The van der Waals surface area contributed by atoms with Gasteiger partial charge in [0.15, 0.2) is 0 Å². The number of sulfonamides is 1. The van der Waals surface area contributed by atoms with Crippen molar-refractivity contribution in [2.45, 2.75) is 4.90 Å². The van der Waals surface area contributed by atoms with Gasteiger partial charge in [0.25, 0.3) is 11.1 Å². The van der Waals surface area contributed by atoms with E-state index in [2.05, 4.69) is 15.2 Å². The van der Waals surface area contributed by atoms with Crippen LogP contribution < -0.4 is 15.1 Å². The van der Waals surface area contributed by atoms with Crippen LogP contribution in [0.1, 0.15) is 5.69 Å². The molecule has 0 saturated carbocycles. The smallest absolute Gasteiger partial charge is 0.290 e. The van der Waals surface area contributed by atoms with Crippen molar-refractivity contribution in [1.82, 2.24) is 19.6 Å². The summed E-state index contributed by atoms with van der Waals surface area (Å²) in [5.41, 5.74) is 0.503. The molecule has 2 amide bonds. The normalized spacial score (nSPS) is 21.0. The van der Waals surface area contributed by atoms with Gasteiger partial charge in [0, 0.05) is 45.3 Å². The molecule has 3 aliphatic heterocycles. The van der Waals surface area contributed by atoms with Crippen molar-refractivity contribution >= 4 is 50.8 Å². The van der Waals surface area contributed by atoms with Gasteiger partial charge in [0.1, 0.15) is 5.82 Å². The lowest BCUT2D eigenvalue weighted by Gasteiger charge is -2.35.